The van der Waals surface area contributed by atoms with E-state index in [1.54, 1.807) is 0 Å². The summed E-state index contributed by atoms with van der Waals surface area (Å²) in [5.41, 5.74) is 0.187. The topological polar surface area (TPSA) is 0 Å². The van der Waals surface area contributed by atoms with Crippen LogP contribution in [0.4, 0.5) is 13.2 Å². The second kappa shape index (κ2) is 8.23. The molecule has 4 aromatic rings. The summed E-state index contributed by atoms with van der Waals surface area (Å²) in [4.78, 5) is 0. The Kier molecular flexibility index (Phi) is 5.51. The SMILES string of the molecule is Fc1cc(F)c(C[PH](c2ccccc2)(c2ccccc2)c2ccccc2)cc1F. The fraction of sp³-hybridized carbons (Fsp3) is 0.0400. The van der Waals surface area contributed by atoms with Crippen LogP contribution in [0.15, 0.2) is 103 Å². The van der Waals surface area contributed by atoms with Crippen molar-refractivity contribution in [2.24, 2.45) is 0 Å². The summed E-state index contributed by atoms with van der Waals surface area (Å²) < 4.78 is 42.3. The molecule has 4 rings (SSSR count). The van der Waals surface area contributed by atoms with E-state index in [1.807, 2.05) is 91.0 Å². The van der Waals surface area contributed by atoms with Crippen LogP contribution in [-0.2, 0) is 6.16 Å². The molecule has 0 heterocycles. The number of hydrogen-bond acceptors (Lipinski definition) is 0. The molecule has 146 valence electrons. The van der Waals surface area contributed by atoms with Crippen molar-refractivity contribution in [3.05, 3.63) is 126 Å². The van der Waals surface area contributed by atoms with Gasteiger partial charge < -0.3 is 0 Å². The molecule has 4 heteroatoms. The van der Waals surface area contributed by atoms with Gasteiger partial charge in [0.15, 0.2) is 0 Å². The molecule has 0 aliphatic rings. The van der Waals surface area contributed by atoms with Crippen molar-refractivity contribution in [1.29, 1.82) is 0 Å². The van der Waals surface area contributed by atoms with Crippen molar-refractivity contribution in [2.75, 3.05) is 0 Å². The van der Waals surface area contributed by atoms with Gasteiger partial charge in [0.1, 0.15) is 0 Å². The second-order valence-electron chi connectivity index (χ2n) is 7.04. The standard InChI is InChI=1S/C25H20F3P/c26-23-17-25(28)24(27)16-19(23)18-29(20-10-4-1-5-11-20,21-12-6-2-7-13-21)22-14-8-3-9-15-22/h1-17,29H,18H2. The zero-order valence-electron chi connectivity index (χ0n) is 15.7. The molecular formula is C25H20F3P. The first-order valence-electron chi connectivity index (χ1n) is 9.41. The number of hydrogen-bond donors (Lipinski definition) is 0. The van der Waals surface area contributed by atoms with E-state index in [0.29, 0.717) is 6.07 Å². The van der Waals surface area contributed by atoms with Crippen LogP contribution in [0.25, 0.3) is 0 Å². The number of rotatable bonds is 5. The van der Waals surface area contributed by atoms with Gasteiger partial charge in [0.05, 0.1) is 0 Å². The first-order valence-corrected chi connectivity index (χ1v) is 11.6. The quantitative estimate of drug-likeness (QED) is 0.309. The van der Waals surface area contributed by atoms with Gasteiger partial charge in [0.2, 0.25) is 0 Å². The molecule has 29 heavy (non-hydrogen) atoms. The van der Waals surface area contributed by atoms with Crippen LogP contribution in [0, 0.1) is 17.5 Å². The molecule has 0 spiro atoms. The van der Waals surface area contributed by atoms with Crippen LogP contribution in [0.5, 0.6) is 0 Å². The van der Waals surface area contributed by atoms with Gasteiger partial charge in [-0.15, -0.1) is 0 Å². The minimum atomic E-state index is -2.77. The van der Waals surface area contributed by atoms with Crippen molar-refractivity contribution in [2.45, 2.75) is 6.16 Å². The fourth-order valence-corrected chi connectivity index (χ4v) is 8.70. The molecule has 0 N–H and O–H groups in total. The molecule has 0 nitrogen and oxygen atoms in total. The van der Waals surface area contributed by atoms with Crippen LogP contribution in [0.2, 0.25) is 0 Å². The van der Waals surface area contributed by atoms with Gasteiger partial charge in [-0.3, -0.25) is 0 Å². The van der Waals surface area contributed by atoms with Gasteiger partial charge >= 0.3 is 169 Å². The van der Waals surface area contributed by atoms with E-state index in [0.717, 1.165) is 22.0 Å². The van der Waals surface area contributed by atoms with E-state index in [2.05, 4.69) is 0 Å². The van der Waals surface area contributed by atoms with E-state index in [4.69, 9.17) is 0 Å². The Balaban J connectivity index is 2.02. The number of halogens is 3. The summed E-state index contributed by atoms with van der Waals surface area (Å²) in [7, 11) is -2.77. The predicted octanol–water partition coefficient (Wildman–Crippen LogP) is 5.33. The van der Waals surface area contributed by atoms with E-state index >= 15 is 0 Å². The summed E-state index contributed by atoms with van der Waals surface area (Å²) in [5, 5.41) is 3.25. The van der Waals surface area contributed by atoms with Crippen LogP contribution >= 0.6 is 7.26 Å². The summed E-state index contributed by atoms with van der Waals surface area (Å²) >= 11 is 0. The second-order valence-corrected chi connectivity index (χ2v) is 10.9. The summed E-state index contributed by atoms with van der Waals surface area (Å²) in [5.74, 6) is -2.92. The third-order valence-electron chi connectivity index (χ3n) is 5.34. The van der Waals surface area contributed by atoms with Crippen molar-refractivity contribution < 1.29 is 13.2 Å². The van der Waals surface area contributed by atoms with Gasteiger partial charge in [-0.25, -0.2) is 0 Å². The maximum absolute atomic E-state index is 14.7. The summed E-state index contributed by atoms with van der Waals surface area (Å²) in [6.45, 7) is 0. The molecule has 0 aliphatic carbocycles. The van der Waals surface area contributed by atoms with Gasteiger partial charge in [-0.05, 0) is 0 Å². The first-order chi connectivity index (χ1) is 14.1. The molecule has 0 saturated heterocycles. The van der Waals surface area contributed by atoms with Gasteiger partial charge in [-0.1, -0.05) is 0 Å². The Hall–Kier alpha value is -2.90. The van der Waals surface area contributed by atoms with E-state index < -0.39 is 24.7 Å². The summed E-state index contributed by atoms with van der Waals surface area (Å²) in [6, 6.07) is 31.5. The average molecular weight is 408 g/mol. The van der Waals surface area contributed by atoms with E-state index in [-0.39, 0.29) is 11.7 Å². The Morgan fingerprint density at radius 3 is 1.28 bits per heavy atom. The Morgan fingerprint density at radius 1 is 0.483 bits per heavy atom. The van der Waals surface area contributed by atoms with Gasteiger partial charge in [-0.2, -0.15) is 0 Å². The Bertz CT molecular complexity index is 1000. The normalized spacial score (nSPS) is 12.0. The van der Waals surface area contributed by atoms with Crippen molar-refractivity contribution in [3.8, 4) is 0 Å². The third kappa shape index (κ3) is 3.71. The Morgan fingerprint density at radius 2 is 0.862 bits per heavy atom. The molecule has 0 radical (unpaired) electrons. The molecule has 0 aromatic heterocycles. The summed E-state index contributed by atoms with van der Waals surface area (Å²) in [6.07, 6.45) is 0.286. The van der Waals surface area contributed by atoms with Crippen molar-refractivity contribution in [3.63, 3.8) is 0 Å². The third-order valence-corrected chi connectivity index (χ3v) is 10.2. The van der Waals surface area contributed by atoms with E-state index in [1.165, 1.54) is 0 Å². The van der Waals surface area contributed by atoms with Crippen LogP contribution in [-0.4, -0.2) is 0 Å². The maximum atomic E-state index is 14.7. The van der Waals surface area contributed by atoms with Gasteiger partial charge in [0, 0.05) is 0 Å². The van der Waals surface area contributed by atoms with E-state index in [9.17, 15) is 13.2 Å². The zero-order valence-corrected chi connectivity index (χ0v) is 16.7. The molecule has 0 atom stereocenters. The van der Waals surface area contributed by atoms with Crippen LogP contribution in [0.3, 0.4) is 0 Å². The fourth-order valence-electron chi connectivity index (χ4n) is 3.96. The number of benzene rings is 4. The predicted molar refractivity (Wildman–Crippen MR) is 117 cm³/mol. The van der Waals surface area contributed by atoms with Gasteiger partial charge in [0.25, 0.3) is 0 Å². The molecule has 0 bridgehead atoms. The Labute approximate surface area is 169 Å². The van der Waals surface area contributed by atoms with Crippen LogP contribution in [0.1, 0.15) is 5.56 Å². The first kappa shape index (κ1) is 19.4. The monoisotopic (exact) mass is 408 g/mol. The molecule has 0 aliphatic heterocycles. The molecule has 0 unspecified atom stereocenters. The van der Waals surface area contributed by atoms with Crippen LogP contribution < -0.4 is 15.9 Å². The average Bonchev–Trinajstić information content (AvgIpc) is 2.77. The van der Waals surface area contributed by atoms with Crippen molar-refractivity contribution in [1.82, 2.24) is 0 Å². The molecule has 0 fully saturated rings. The molecule has 0 saturated carbocycles. The minimum absolute atomic E-state index is 0.187. The molecule has 0 amide bonds. The van der Waals surface area contributed by atoms with Crippen molar-refractivity contribution >= 4 is 23.2 Å². The zero-order chi connectivity index (χ0) is 20.3. The molecular weight excluding hydrogens is 388 g/mol. The molecule has 4 aromatic carbocycles.